The van der Waals surface area contributed by atoms with E-state index < -0.39 is 35.6 Å². The van der Waals surface area contributed by atoms with Crippen LogP contribution in [0.25, 0.3) is 10.9 Å². The molecule has 1 aromatic carbocycles. The highest BCUT2D eigenvalue weighted by atomic mass is 16.5. The summed E-state index contributed by atoms with van der Waals surface area (Å²) in [6.07, 6.45) is 1.04. The summed E-state index contributed by atoms with van der Waals surface area (Å²) in [4.78, 5) is 41.4. The quantitative estimate of drug-likeness (QED) is 0.492. The molecule has 152 valence electrons. The number of carbonyl (C=O) groups is 1. The van der Waals surface area contributed by atoms with Crippen LogP contribution in [0.15, 0.2) is 46.2 Å². The number of benzene rings is 1. The fourth-order valence-corrected chi connectivity index (χ4v) is 3.62. The number of aliphatic hydroxyl groups excluding tert-OH is 1. The Morgan fingerprint density at radius 2 is 2.14 bits per heavy atom. The highest BCUT2D eigenvalue weighted by Gasteiger charge is 2.40. The largest absolute Gasteiger partial charge is 0.390 e. The number of aryl methyl sites for hydroxylation is 1. The maximum absolute atomic E-state index is 12.5. The van der Waals surface area contributed by atoms with Crippen molar-refractivity contribution < 1.29 is 14.6 Å². The third-order valence-corrected chi connectivity index (χ3v) is 5.18. The van der Waals surface area contributed by atoms with Gasteiger partial charge in [0.05, 0.1) is 6.10 Å². The first kappa shape index (κ1) is 19.2. The van der Waals surface area contributed by atoms with Gasteiger partial charge in [-0.15, -0.1) is 0 Å². The molecule has 0 unspecified atom stereocenters. The standard InChI is InChI=1S/C20H22N4O5/c1-11-10-24(20(28)23-18(11)26)16-8-15(25)17(29-16)19(27)21-7-6-12-9-22-14-5-3-2-4-13(12)14/h2-5,9-10,15-17,22,25H,6-8H2,1H3,(H,21,27)(H,23,26,28)/t15-,16+,17-/m0/s1. The Hall–Kier alpha value is -3.17. The predicted molar refractivity (Wildman–Crippen MR) is 106 cm³/mol. The number of aromatic nitrogens is 3. The van der Waals surface area contributed by atoms with Crippen molar-refractivity contribution in [1.82, 2.24) is 19.9 Å². The van der Waals surface area contributed by atoms with E-state index >= 15 is 0 Å². The molecule has 3 atom stereocenters. The van der Waals surface area contributed by atoms with Gasteiger partial charge in [0, 0.05) is 41.8 Å². The van der Waals surface area contributed by atoms with E-state index in [1.54, 1.807) is 6.92 Å². The average molecular weight is 398 g/mol. The molecule has 9 heteroatoms. The van der Waals surface area contributed by atoms with E-state index in [-0.39, 0.29) is 6.42 Å². The minimum absolute atomic E-state index is 0.0753. The monoisotopic (exact) mass is 398 g/mol. The van der Waals surface area contributed by atoms with Crippen LogP contribution in [-0.4, -0.2) is 44.3 Å². The predicted octanol–water partition coefficient (Wildman–Crippen LogP) is 0.334. The average Bonchev–Trinajstić information content (AvgIpc) is 3.28. The van der Waals surface area contributed by atoms with Gasteiger partial charge in [-0.25, -0.2) is 4.79 Å². The summed E-state index contributed by atoms with van der Waals surface area (Å²) >= 11 is 0. The molecule has 3 aromatic rings. The van der Waals surface area contributed by atoms with Gasteiger partial charge in [-0.05, 0) is 25.0 Å². The molecule has 1 saturated heterocycles. The van der Waals surface area contributed by atoms with Crippen LogP contribution >= 0.6 is 0 Å². The minimum atomic E-state index is -1.08. The van der Waals surface area contributed by atoms with E-state index in [0.29, 0.717) is 18.5 Å². The van der Waals surface area contributed by atoms with E-state index in [9.17, 15) is 19.5 Å². The second-order valence-electron chi connectivity index (χ2n) is 7.19. The van der Waals surface area contributed by atoms with E-state index in [4.69, 9.17) is 4.74 Å². The van der Waals surface area contributed by atoms with Crippen LogP contribution in [0.1, 0.15) is 23.8 Å². The number of hydrogen-bond donors (Lipinski definition) is 4. The van der Waals surface area contributed by atoms with Crippen LogP contribution in [0.2, 0.25) is 0 Å². The number of nitrogens with one attached hydrogen (secondary N) is 3. The Balaban J connectivity index is 1.38. The Bertz CT molecular complexity index is 1160. The smallest absolute Gasteiger partial charge is 0.330 e. The van der Waals surface area contributed by atoms with Crippen LogP contribution in [0.4, 0.5) is 0 Å². The molecule has 4 rings (SSSR count). The summed E-state index contributed by atoms with van der Waals surface area (Å²) in [7, 11) is 0. The number of para-hydroxylation sites is 1. The third-order valence-electron chi connectivity index (χ3n) is 5.18. The number of aromatic amines is 2. The van der Waals surface area contributed by atoms with Gasteiger partial charge < -0.3 is 20.1 Å². The number of hydrogen-bond acceptors (Lipinski definition) is 5. The molecule has 0 aliphatic carbocycles. The lowest BCUT2D eigenvalue weighted by Gasteiger charge is -2.16. The Labute approximate surface area is 165 Å². The zero-order valence-corrected chi connectivity index (χ0v) is 15.8. The fraction of sp³-hybridized carbons (Fsp3) is 0.350. The topological polar surface area (TPSA) is 129 Å². The SMILES string of the molecule is Cc1cn([C@H]2C[C@H](O)[C@@H](C(=O)NCCc3c[nH]c4ccccc34)O2)c(=O)[nH]c1=O. The Morgan fingerprint density at radius 3 is 2.97 bits per heavy atom. The van der Waals surface area contributed by atoms with E-state index in [0.717, 1.165) is 16.5 Å². The molecule has 1 fully saturated rings. The number of carbonyl (C=O) groups excluding carboxylic acids is 1. The normalized spacial score (nSPS) is 21.5. The number of fused-ring (bicyclic) bond motifs is 1. The van der Waals surface area contributed by atoms with Crippen LogP contribution in [0.5, 0.6) is 0 Å². The summed E-state index contributed by atoms with van der Waals surface area (Å²) < 4.78 is 6.82. The zero-order chi connectivity index (χ0) is 20.5. The molecule has 0 bridgehead atoms. The molecule has 3 heterocycles. The lowest BCUT2D eigenvalue weighted by atomic mass is 10.1. The molecule has 0 radical (unpaired) electrons. The first-order chi connectivity index (χ1) is 13.9. The highest BCUT2D eigenvalue weighted by molar-refractivity contribution is 5.83. The Morgan fingerprint density at radius 1 is 1.34 bits per heavy atom. The second kappa shape index (κ2) is 7.69. The first-order valence-electron chi connectivity index (χ1n) is 9.42. The number of aliphatic hydroxyl groups is 1. The van der Waals surface area contributed by atoms with Gasteiger partial charge >= 0.3 is 5.69 Å². The lowest BCUT2D eigenvalue weighted by Crippen LogP contribution is -2.41. The molecular formula is C20H22N4O5. The first-order valence-corrected chi connectivity index (χ1v) is 9.42. The molecule has 4 N–H and O–H groups in total. The van der Waals surface area contributed by atoms with Crippen molar-refractivity contribution in [1.29, 1.82) is 0 Å². The van der Waals surface area contributed by atoms with Gasteiger partial charge in [0.1, 0.15) is 6.23 Å². The number of rotatable bonds is 5. The summed E-state index contributed by atoms with van der Waals surface area (Å²) in [6.45, 7) is 1.95. The van der Waals surface area contributed by atoms with E-state index in [1.165, 1.54) is 10.8 Å². The molecule has 1 amide bonds. The van der Waals surface area contributed by atoms with Crippen molar-refractivity contribution in [2.75, 3.05) is 6.54 Å². The summed E-state index contributed by atoms with van der Waals surface area (Å²) in [5, 5.41) is 14.1. The number of amides is 1. The van der Waals surface area contributed by atoms with Crippen LogP contribution in [0.3, 0.4) is 0 Å². The van der Waals surface area contributed by atoms with Crippen molar-refractivity contribution >= 4 is 16.8 Å². The number of ether oxygens (including phenoxy) is 1. The maximum atomic E-state index is 12.5. The van der Waals surface area contributed by atoms with Gasteiger partial charge in [-0.1, -0.05) is 18.2 Å². The molecule has 29 heavy (non-hydrogen) atoms. The Kier molecular flexibility index (Phi) is 5.08. The molecule has 0 saturated carbocycles. The van der Waals surface area contributed by atoms with Crippen molar-refractivity contribution in [2.45, 2.75) is 38.2 Å². The van der Waals surface area contributed by atoms with E-state index in [1.807, 2.05) is 30.5 Å². The maximum Gasteiger partial charge on any atom is 0.330 e. The van der Waals surface area contributed by atoms with Gasteiger partial charge in [-0.3, -0.25) is 19.1 Å². The molecule has 2 aromatic heterocycles. The van der Waals surface area contributed by atoms with Crippen molar-refractivity contribution in [3.05, 3.63) is 68.6 Å². The van der Waals surface area contributed by atoms with Gasteiger partial charge in [0.15, 0.2) is 6.10 Å². The van der Waals surface area contributed by atoms with Crippen LogP contribution < -0.4 is 16.6 Å². The summed E-state index contributed by atoms with van der Waals surface area (Å²) in [5.74, 6) is -0.436. The second-order valence-corrected chi connectivity index (χ2v) is 7.19. The minimum Gasteiger partial charge on any atom is -0.390 e. The third kappa shape index (κ3) is 3.74. The van der Waals surface area contributed by atoms with Gasteiger partial charge in [0.25, 0.3) is 11.5 Å². The van der Waals surface area contributed by atoms with Crippen molar-refractivity contribution in [3.8, 4) is 0 Å². The lowest BCUT2D eigenvalue weighted by molar-refractivity contribution is -0.137. The molecule has 9 nitrogen and oxygen atoms in total. The zero-order valence-electron chi connectivity index (χ0n) is 15.8. The molecule has 1 aliphatic heterocycles. The fourth-order valence-electron chi connectivity index (χ4n) is 3.62. The van der Waals surface area contributed by atoms with Gasteiger partial charge in [-0.2, -0.15) is 0 Å². The van der Waals surface area contributed by atoms with E-state index in [2.05, 4.69) is 15.3 Å². The summed E-state index contributed by atoms with van der Waals surface area (Å²) in [5.41, 5.74) is 1.35. The molecule has 1 aliphatic rings. The molecule has 0 spiro atoms. The number of H-pyrrole nitrogens is 2. The highest BCUT2D eigenvalue weighted by Crippen LogP contribution is 2.27. The molecular weight excluding hydrogens is 376 g/mol. The summed E-state index contributed by atoms with van der Waals surface area (Å²) in [6, 6.07) is 7.92. The number of nitrogens with zero attached hydrogens (tertiary/aromatic N) is 1. The van der Waals surface area contributed by atoms with Crippen molar-refractivity contribution in [2.24, 2.45) is 0 Å². The van der Waals surface area contributed by atoms with Crippen LogP contribution in [-0.2, 0) is 16.0 Å². The van der Waals surface area contributed by atoms with Crippen molar-refractivity contribution in [3.63, 3.8) is 0 Å². The van der Waals surface area contributed by atoms with Gasteiger partial charge in [0.2, 0.25) is 0 Å². The van der Waals surface area contributed by atoms with Crippen LogP contribution in [0, 0.1) is 6.92 Å².